The van der Waals surface area contributed by atoms with Crippen LogP contribution in [0.4, 0.5) is 0 Å². The highest BCUT2D eigenvalue weighted by molar-refractivity contribution is 6.05. The van der Waals surface area contributed by atoms with E-state index in [2.05, 4.69) is 10.1 Å². The van der Waals surface area contributed by atoms with E-state index in [0.29, 0.717) is 32.1 Å². The van der Waals surface area contributed by atoms with Gasteiger partial charge in [0, 0.05) is 42.9 Å². The van der Waals surface area contributed by atoms with Crippen molar-refractivity contribution in [2.24, 2.45) is 14.1 Å². The fourth-order valence-electron chi connectivity index (χ4n) is 3.98. The molecule has 0 unspecified atom stereocenters. The van der Waals surface area contributed by atoms with E-state index in [4.69, 9.17) is 9.47 Å². The molecule has 1 aliphatic rings. The molecule has 1 aliphatic heterocycles. The van der Waals surface area contributed by atoms with Crippen molar-refractivity contribution in [3.05, 3.63) is 41.2 Å². The van der Waals surface area contributed by atoms with Crippen LogP contribution in [-0.2, 0) is 18.8 Å². The standard InChI is InChI=1S/C20H22N6O3/c1-23-12-13(10-22-23)14-8-15-16(9-18(14)28-3)21-11-17-19(15)26(20(27)24(17)2)25-4-6-29-7-5-25/h8-12H,4-7H2,1-3H3. The Balaban J connectivity index is 1.85. The fraction of sp³-hybridized carbons (Fsp3) is 0.350. The second-order valence-electron chi connectivity index (χ2n) is 7.18. The van der Waals surface area contributed by atoms with Crippen LogP contribution in [0, 0.1) is 0 Å². The molecule has 1 aromatic carbocycles. The average molecular weight is 394 g/mol. The topological polar surface area (TPSA) is 79.3 Å². The molecule has 29 heavy (non-hydrogen) atoms. The number of hydrogen-bond acceptors (Lipinski definition) is 6. The summed E-state index contributed by atoms with van der Waals surface area (Å²) in [6.45, 7) is 2.52. The molecule has 0 N–H and O–H groups in total. The van der Waals surface area contributed by atoms with Gasteiger partial charge in [0.25, 0.3) is 0 Å². The van der Waals surface area contributed by atoms with E-state index in [-0.39, 0.29) is 5.69 Å². The molecule has 0 bridgehead atoms. The highest BCUT2D eigenvalue weighted by Crippen LogP contribution is 2.35. The predicted molar refractivity (Wildman–Crippen MR) is 110 cm³/mol. The van der Waals surface area contributed by atoms with Crippen LogP contribution >= 0.6 is 0 Å². The Kier molecular flexibility index (Phi) is 4.06. The Morgan fingerprint density at radius 1 is 1.14 bits per heavy atom. The van der Waals surface area contributed by atoms with Crippen LogP contribution in [0.15, 0.2) is 35.5 Å². The lowest BCUT2D eigenvalue weighted by Crippen LogP contribution is -2.48. The van der Waals surface area contributed by atoms with Crippen LogP contribution in [0.3, 0.4) is 0 Å². The predicted octanol–water partition coefficient (Wildman–Crippen LogP) is 1.27. The van der Waals surface area contributed by atoms with Gasteiger partial charge >= 0.3 is 5.69 Å². The lowest BCUT2D eigenvalue weighted by atomic mass is 10.0. The largest absolute Gasteiger partial charge is 0.496 e. The number of aromatic nitrogens is 5. The molecular formula is C20H22N6O3. The summed E-state index contributed by atoms with van der Waals surface area (Å²) in [5.41, 5.74) is 4.17. The second kappa shape index (κ2) is 6.63. The third-order valence-corrected chi connectivity index (χ3v) is 5.47. The molecule has 0 saturated carbocycles. The van der Waals surface area contributed by atoms with Gasteiger partial charge in [0.2, 0.25) is 0 Å². The van der Waals surface area contributed by atoms with E-state index >= 15 is 0 Å². The van der Waals surface area contributed by atoms with E-state index in [1.807, 2.05) is 30.4 Å². The van der Waals surface area contributed by atoms with Crippen LogP contribution in [0.5, 0.6) is 5.75 Å². The van der Waals surface area contributed by atoms with Crippen molar-refractivity contribution in [2.45, 2.75) is 0 Å². The third-order valence-electron chi connectivity index (χ3n) is 5.47. The summed E-state index contributed by atoms with van der Waals surface area (Å²) in [4.78, 5) is 17.7. The molecule has 150 valence electrons. The lowest BCUT2D eigenvalue weighted by molar-refractivity contribution is 0.111. The SMILES string of the molecule is COc1cc2ncc3c(c2cc1-c1cnn(C)c1)n(N1CCOCC1)c(=O)n3C. The maximum Gasteiger partial charge on any atom is 0.347 e. The minimum absolute atomic E-state index is 0.0880. The summed E-state index contributed by atoms with van der Waals surface area (Å²) in [7, 11) is 5.30. The summed E-state index contributed by atoms with van der Waals surface area (Å²) < 4.78 is 16.3. The van der Waals surface area contributed by atoms with Gasteiger partial charge in [0.1, 0.15) is 11.3 Å². The maximum atomic E-state index is 13.1. The molecule has 3 aromatic heterocycles. The number of nitrogens with zero attached hydrogens (tertiary/aromatic N) is 6. The minimum Gasteiger partial charge on any atom is -0.496 e. The molecule has 4 heterocycles. The number of hydrogen-bond donors (Lipinski definition) is 0. The maximum absolute atomic E-state index is 13.1. The molecule has 4 aromatic rings. The summed E-state index contributed by atoms with van der Waals surface area (Å²) >= 11 is 0. The summed E-state index contributed by atoms with van der Waals surface area (Å²) in [6, 6.07) is 3.95. The Bertz CT molecular complexity index is 1280. The first-order chi connectivity index (χ1) is 14.1. The first kappa shape index (κ1) is 17.7. The number of pyridine rings is 1. The quantitative estimate of drug-likeness (QED) is 0.521. The fourth-order valence-corrected chi connectivity index (χ4v) is 3.98. The zero-order chi connectivity index (χ0) is 20.1. The zero-order valence-electron chi connectivity index (χ0n) is 16.6. The number of aryl methyl sites for hydroxylation is 2. The van der Waals surface area contributed by atoms with E-state index < -0.39 is 0 Å². The van der Waals surface area contributed by atoms with Gasteiger partial charge in [0.05, 0.1) is 56.8 Å². The average Bonchev–Trinajstić information content (AvgIpc) is 3.29. The van der Waals surface area contributed by atoms with Gasteiger partial charge in [-0.15, -0.1) is 0 Å². The van der Waals surface area contributed by atoms with Gasteiger partial charge in [0.15, 0.2) is 0 Å². The second-order valence-corrected chi connectivity index (χ2v) is 7.18. The van der Waals surface area contributed by atoms with Crippen molar-refractivity contribution in [2.75, 3.05) is 38.4 Å². The highest BCUT2D eigenvalue weighted by Gasteiger charge is 2.22. The van der Waals surface area contributed by atoms with Crippen molar-refractivity contribution >= 4 is 21.9 Å². The number of ether oxygens (including phenoxy) is 2. The molecular weight excluding hydrogens is 372 g/mol. The number of benzene rings is 1. The molecule has 9 nitrogen and oxygen atoms in total. The molecule has 1 fully saturated rings. The Morgan fingerprint density at radius 3 is 2.62 bits per heavy atom. The van der Waals surface area contributed by atoms with Crippen LogP contribution in [0.25, 0.3) is 33.1 Å². The summed E-state index contributed by atoms with van der Waals surface area (Å²) in [5, 5.41) is 7.22. The van der Waals surface area contributed by atoms with Crippen molar-refractivity contribution in [1.29, 1.82) is 0 Å². The zero-order valence-corrected chi connectivity index (χ0v) is 16.6. The van der Waals surface area contributed by atoms with E-state index in [1.54, 1.807) is 40.5 Å². The molecule has 5 rings (SSSR count). The van der Waals surface area contributed by atoms with Crippen molar-refractivity contribution < 1.29 is 9.47 Å². The molecule has 0 amide bonds. The van der Waals surface area contributed by atoms with Gasteiger partial charge in [-0.25, -0.2) is 9.47 Å². The Hall–Kier alpha value is -3.33. The van der Waals surface area contributed by atoms with E-state index in [1.165, 1.54) is 0 Å². The van der Waals surface area contributed by atoms with Gasteiger partial charge in [-0.05, 0) is 6.07 Å². The van der Waals surface area contributed by atoms with Crippen molar-refractivity contribution in [3.8, 4) is 16.9 Å². The summed E-state index contributed by atoms with van der Waals surface area (Å²) in [5.74, 6) is 0.716. The molecule has 0 radical (unpaired) electrons. The molecule has 0 aliphatic carbocycles. The Labute approximate surface area is 166 Å². The molecule has 0 spiro atoms. The number of fused-ring (bicyclic) bond motifs is 3. The minimum atomic E-state index is -0.0880. The first-order valence-electron chi connectivity index (χ1n) is 9.48. The van der Waals surface area contributed by atoms with Crippen molar-refractivity contribution in [3.63, 3.8) is 0 Å². The van der Waals surface area contributed by atoms with Gasteiger partial charge < -0.3 is 14.5 Å². The number of rotatable bonds is 3. The summed E-state index contributed by atoms with van der Waals surface area (Å²) in [6.07, 6.45) is 5.49. The van der Waals surface area contributed by atoms with Crippen LogP contribution in [0.1, 0.15) is 0 Å². The van der Waals surface area contributed by atoms with Crippen LogP contribution < -0.4 is 15.4 Å². The van der Waals surface area contributed by atoms with Gasteiger partial charge in [-0.2, -0.15) is 5.10 Å². The number of methoxy groups -OCH3 is 1. The molecule has 0 atom stereocenters. The normalized spacial score (nSPS) is 14.8. The third kappa shape index (κ3) is 2.69. The molecule has 1 saturated heterocycles. The lowest BCUT2D eigenvalue weighted by Gasteiger charge is -2.29. The molecule has 9 heteroatoms. The van der Waals surface area contributed by atoms with Gasteiger partial charge in [-0.1, -0.05) is 0 Å². The number of morpholine rings is 1. The van der Waals surface area contributed by atoms with Crippen LogP contribution in [0.2, 0.25) is 0 Å². The number of imidazole rings is 1. The smallest absolute Gasteiger partial charge is 0.347 e. The van der Waals surface area contributed by atoms with Gasteiger partial charge in [-0.3, -0.25) is 14.2 Å². The first-order valence-corrected chi connectivity index (χ1v) is 9.48. The van der Waals surface area contributed by atoms with E-state index in [0.717, 1.165) is 33.1 Å². The Morgan fingerprint density at radius 2 is 1.93 bits per heavy atom. The van der Waals surface area contributed by atoms with E-state index in [9.17, 15) is 4.79 Å². The van der Waals surface area contributed by atoms with Crippen molar-refractivity contribution in [1.82, 2.24) is 24.0 Å². The van der Waals surface area contributed by atoms with Crippen LogP contribution in [-0.4, -0.2) is 57.4 Å². The monoisotopic (exact) mass is 394 g/mol. The highest BCUT2D eigenvalue weighted by atomic mass is 16.5.